The maximum Gasteiger partial charge on any atom is 0.331 e. The van der Waals surface area contributed by atoms with Crippen LogP contribution in [0, 0.1) is 0 Å². The molecule has 168 valence electrons. The Morgan fingerprint density at radius 1 is 1.23 bits per heavy atom. The van der Waals surface area contributed by atoms with E-state index in [1.54, 1.807) is 13.8 Å². The maximum absolute atomic E-state index is 13.0. The Bertz CT molecular complexity index is 734. The second kappa shape index (κ2) is 11.7. The SMILES string of the molecule is CCOP(=O)(CCN1CC[C@H](c2ccccc2)C[C@@H]1C(=O)C[C@H](N)C(=O)O)OCC. The molecule has 1 aromatic carbocycles. The summed E-state index contributed by atoms with van der Waals surface area (Å²) in [6.45, 7) is 5.09. The van der Waals surface area contributed by atoms with Crippen molar-refractivity contribution in [3.05, 3.63) is 35.9 Å². The average molecular weight is 440 g/mol. The van der Waals surface area contributed by atoms with Crippen molar-refractivity contribution in [3.8, 4) is 0 Å². The zero-order valence-electron chi connectivity index (χ0n) is 17.7. The van der Waals surface area contributed by atoms with Crippen molar-refractivity contribution < 1.29 is 28.3 Å². The molecule has 0 saturated carbocycles. The van der Waals surface area contributed by atoms with Gasteiger partial charge in [-0.3, -0.25) is 19.1 Å². The highest BCUT2D eigenvalue weighted by Gasteiger charge is 2.36. The zero-order chi connectivity index (χ0) is 22.1. The van der Waals surface area contributed by atoms with Crippen molar-refractivity contribution in [1.29, 1.82) is 0 Å². The van der Waals surface area contributed by atoms with Crippen LogP contribution in [0.1, 0.15) is 44.6 Å². The number of piperidine rings is 1. The topological polar surface area (TPSA) is 119 Å². The minimum Gasteiger partial charge on any atom is -0.480 e. The number of carbonyl (C=O) groups excluding carboxylic acids is 1. The first-order valence-corrected chi connectivity index (χ1v) is 12.2. The van der Waals surface area contributed by atoms with Crippen molar-refractivity contribution in [2.24, 2.45) is 5.73 Å². The average Bonchev–Trinajstić information content (AvgIpc) is 2.73. The number of hydrogen-bond donors (Lipinski definition) is 2. The maximum atomic E-state index is 13.0. The highest BCUT2D eigenvalue weighted by molar-refractivity contribution is 7.53. The molecule has 1 aliphatic heterocycles. The normalized spacial score (nSPS) is 21.3. The van der Waals surface area contributed by atoms with Crippen LogP contribution in [0.3, 0.4) is 0 Å². The molecule has 3 atom stereocenters. The number of Topliss-reactive ketones (excluding diaryl/α,β-unsaturated/α-hetero) is 1. The van der Waals surface area contributed by atoms with Crippen LogP contribution in [0.15, 0.2) is 30.3 Å². The van der Waals surface area contributed by atoms with E-state index in [-0.39, 0.29) is 37.5 Å². The first-order chi connectivity index (χ1) is 14.3. The third-order valence-electron chi connectivity index (χ3n) is 5.41. The number of likely N-dealkylation sites (tertiary alicyclic amines) is 1. The number of hydrogen-bond acceptors (Lipinski definition) is 7. The summed E-state index contributed by atoms with van der Waals surface area (Å²) in [6, 6.07) is 8.28. The highest BCUT2D eigenvalue weighted by Crippen LogP contribution is 2.48. The monoisotopic (exact) mass is 440 g/mol. The fourth-order valence-electron chi connectivity index (χ4n) is 3.90. The Hall–Kier alpha value is -1.57. The van der Waals surface area contributed by atoms with Gasteiger partial charge >= 0.3 is 13.6 Å². The van der Waals surface area contributed by atoms with Crippen molar-refractivity contribution in [1.82, 2.24) is 4.90 Å². The molecule has 8 nitrogen and oxygen atoms in total. The van der Waals surface area contributed by atoms with Crippen molar-refractivity contribution in [2.45, 2.75) is 51.1 Å². The van der Waals surface area contributed by atoms with E-state index in [9.17, 15) is 14.2 Å². The number of rotatable bonds is 12. The summed E-state index contributed by atoms with van der Waals surface area (Å²) < 4.78 is 23.6. The summed E-state index contributed by atoms with van der Waals surface area (Å²) in [6.07, 6.45) is 1.38. The molecule has 9 heteroatoms. The number of carboxylic acid groups (broad SMARTS) is 1. The molecular weight excluding hydrogens is 407 g/mol. The van der Waals surface area contributed by atoms with E-state index >= 15 is 0 Å². The van der Waals surface area contributed by atoms with Crippen LogP contribution >= 0.6 is 7.60 Å². The van der Waals surface area contributed by atoms with Crippen LogP contribution < -0.4 is 5.73 Å². The van der Waals surface area contributed by atoms with Gasteiger partial charge in [0.2, 0.25) is 0 Å². The van der Waals surface area contributed by atoms with E-state index in [0.29, 0.717) is 19.5 Å². The van der Waals surface area contributed by atoms with E-state index in [4.69, 9.17) is 19.9 Å². The number of nitrogens with two attached hydrogens (primary N) is 1. The Morgan fingerprint density at radius 3 is 2.43 bits per heavy atom. The third kappa shape index (κ3) is 7.00. The lowest BCUT2D eigenvalue weighted by molar-refractivity contribution is -0.141. The van der Waals surface area contributed by atoms with Gasteiger partial charge in [0, 0.05) is 13.0 Å². The molecule has 0 aliphatic carbocycles. The smallest absolute Gasteiger partial charge is 0.331 e. The van der Waals surface area contributed by atoms with Crippen LogP contribution in [0.5, 0.6) is 0 Å². The largest absolute Gasteiger partial charge is 0.480 e. The molecular formula is C21H33N2O6P. The Labute approximate surface area is 178 Å². The first-order valence-electron chi connectivity index (χ1n) is 10.5. The summed E-state index contributed by atoms with van der Waals surface area (Å²) in [5, 5.41) is 9.09. The molecule has 0 unspecified atom stereocenters. The van der Waals surface area contributed by atoms with Crippen molar-refractivity contribution in [3.63, 3.8) is 0 Å². The van der Waals surface area contributed by atoms with Gasteiger partial charge in [0.1, 0.15) is 6.04 Å². The first kappa shape index (κ1) is 24.7. The summed E-state index contributed by atoms with van der Waals surface area (Å²) in [7, 11) is -3.23. The molecule has 1 heterocycles. The molecule has 3 N–H and O–H groups in total. The van der Waals surface area contributed by atoms with Gasteiger partial charge in [-0.2, -0.15) is 0 Å². The van der Waals surface area contributed by atoms with Crippen LogP contribution in [-0.4, -0.2) is 66.3 Å². The quantitative estimate of drug-likeness (QED) is 0.476. The van der Waals surface area contributed by atoms with Gasteiger partial charge in [0.15, 0.2) is 5.78 Å². The molecule has 0 spiro atoms. The number of carbonyl (C=O) groups is 2. The predicted molar refractivity (Wildman–Crippen MR) is 115 cm³/mol. The predicted octanol–water partition coefficient (Wildman–Crippen LogP) is 2.87. The molecule has 1 saturated heterocycles. The molecule has 0 radical (unpaired) electrons. The third-order valence-corrected chi connectivity index (χ3v) is 7.46. The lowest BCUT2D eigenvalue weighted by atomic mass is 9.83. The molecule has 1 fully saturated rings. The Balaban J connectivity index is 2.14. The minimum atomic E-state index is -3.23. The summed E-state index contributed by atoms with van der Waals surface area (Å²) in [5.41, 5.74) is 6.77. The van der Waals surface area contributed by atoms with E-state index in [2.05, 4.69) is 0 Å². The summed E-state index contributed by atoms with van der Waals surface area (Å²) in [5.74, 6) is -1.20. The van der Waals surface area contributed by atoms with Crippen molar-refractivity contribution >= 4 is 19.3 Å². The van der Waals surface area contributed by atoms with Gasteiger partial charge < -0.3 is 19.9 Å². The fraction of sp³-hybridized carbons (Fsp3) is 0.619. The summed E-state index contributed by atoms with van der Waals surface area (Å²) in [4.78, 5) is 26.1. The number of ketones is 1. The van der Waals surface area contributed by atoms with Gasteiger partial charge in [-0.1, -0.05) is 30.3 Å². The lowest BCUT2D eigenvalue weighted by Crippen LogP contribution is -2.49. The van der Waals surface area contributed by atoms with Crippen LogP contribution in [0.4, 0.5) is 0 Å². The van der Waals surface area contributed by atoms with Gasteiger partial charge in [-0.05, 0) is 44.7 Å². The lowest BCUT2D eigenvalue weighted by Gasteiger charge is -2.39. The Morgan fingerprint density at radius 2 is 1.87 bits per heavy atom. The number of benzene rings is 1. The molecule has 0 bridgehead atoms. The second-order valence-corrected chi connectivity index (χ2v) is 9.65. The number of carboxylic acids is 1. The van der Waals surface area contributed by atoms with Gasteiger partial charge in [0.05, 0.1) is 25.4 Å². The zero-order valence-corrected chi connectivity index (χ0v) is 18.6. The van der Waals surface area contributed by atoms with Crippen LogP contribution in [-0.2, 0) is 23.2 Å². The van der Waals surface area contributed by atoms with Gasteiger partial charge in [-0.25, -0.2) is 0 Å². The standard InChI is InChI=1S/C21H33N2O6P/c1-3-28-30(27,29-4-2)13-12-23-11-10-17(16-8-6-5-7-9-16)14-19(23)20(24)15-18(22)21(25)26/h5-9,17-19H,3-4,10-15,22H2,1-2H3,(H,25,26)/t17-,18-,19+/m0/s1. The minimum absolute atomic E-state index is 0.180. The van der Waals surface area contributed by atoms with E-state index in [1.807, 2.05) is 35.2 Å². The molecule has 2 rings (SSSR count). The van der Waals surface area contributed by atoms with Crippen molar-refractivity contribution in [2.75, 3.05) is 32.5 Å². The molecule has 0 amide bonds. The molecule has 30 heavy (non-hydrogen) atoms. The fourth-order valence-corrected chi connectivity index (χ4v) is 5.52. The van der Waals surface area contributed by atoms with E-state index in [1.165, 1.54) is 0 Å². The second-order valence-electron chi connectivity index (χ2n) is 7.47. The molecule has 0 aromatic heterocycles. The molecule has 1 aromatic rings. The van der Waals surface area contributed by atoms with Gasteiger partial charge in [0.25, 0.3) is 0 Å². The molecule has 1 aliphatic rings. The van der Waals surface area contributed by atoms with Crippen LogP contribution in [0.25, 0.3) is 0 Å². The number of aliphatic carboxylic acids is 1. The highest BCUT2D eigenvalue weighted by atomic mass is 31.2. The summed E-state index contributed by atoms with van der Waals surface area (Å²) >= 11 is 0. The van der Waals surface area contributed by atoms with E-state index in [0.717, 1.165) is 12.0 Å². The Kier molecular flexibility index (Phi) is 9.65. The number of nitrogens with zero attached hydrogens (tertiary/aromatic N) is 1. The van der Waals surface area contributed by atoms with Gasteiger partial charge in [-0.15, -0.1) is 0 Å². The van der Waals surface area contributed by atoms with Crippen LogP contribution in [0.2, 0.25) is 0 Å². The van der Waals surface area contributed by atoms with E-state index < -0.39 is 25.6 Å².